The van der Waals surface area contributed by atoms with Gasteiger partial charge in [0, 0.05) is 25.3 Å². The van der Waals surface area contributed by atoms with Gasteiger partial charge in [-0.1, -0.05) is 76.1 Å². The van der Waals surface area contributed by atoms with Crippen molar-refractivity contribution < 1.29 is 61.2 Å². The third-order valence-electron chi connectivity index (χ3n) is 6.82. The molecular formula is C32H57KN3O2-. The molecule has 214 valence electrons. The molecule has 1 saturated carbocycles. The second-order valence-electron chi connectivity index (χ2n) is 11.2. The minimum Gasteiger partial charge on any atom is -0.397 e. The normalized spacial score (nSPS) is 14.7. The van der Waals surface area contributed by atoms with E-state index in [1.54, 1.807) is 6.92 Å². The number of aliphatic hydroxyl groups is 1. The van der Waals surface area contributed by atoms with Gasteiger partial charge in [0.15, 0.2) is 0 Å². The number of rotatable bonds is 10. The zero-order valence-corrected chi connectivity index (χ0v) is 29.8. The summed E-state index contributed by atoms with van der Waals surface area (Å²) in [5.41, 5.74) is 2.14. The van der Waals surface area contributed by atoms with Gasteiger partial charge in [0.25, 0.3) is 0 Å². The molecule has 1 N–H and O–H groups in total. The number of aromatic nitrogens is 3. The summed E-state index contributed by atoms with van der Waals surface area (Å²) in [7, 11) is 0. The van der Waals surface area contributed by atoms with Crippen LogP contribution in [0.3, 0.4) is 0 Å². The first-order valence-electron chi connectivity index (χ1n) is 14.1. The molecule has 1 aromatic heterocycles. The second kappa shape index (κ2) is 20.7. The van der Waals surface area contributed by atoms with Gasteiger partial charge in [-0.05, 0) is 64.9 Å². The van der Waals surface area contributed by atoms with E-state index in [4.69, 9.17) is 9.84 Å². The Morgan fingerprint density at radius 2 is 1.63 bits per heavy atom. The van der Waals surface area contributed by atoms with E-state index in [9.17, 15) is 0 Å². The number of hydrogen-bond donors (Lipinski definition) is 1. The molecule has 0 spiro atoms. The summed E-state index contributed by atoms with van der Waals surface area (Å²) in [6.07, 6.45) is 11.8. The van der Waals surface area contributed by atoms with Crippen molar-refractivity contribution in [3.05, 3.63) is 61.6 Å². The standard InChI is InChI=1S/C27H42N3O.C2H6O.C2H6.CH3.K/c1-21(2)25(23-15-11-8-12-16-23)24-20-30(29-28-24)26(3,4)17-18-31-27(5,6)19-22-13-9-7-10-14-22;1-2-3;1-2;;/h7-8,11-12,15-16,20-22,25H,9-10,13-14,17-19H2,1-6H3;3H,2H2,1H3;1-2H3;1H3;/q-1;;;-1;+1. The van der Waals surface area contributed by atoms with E-state index in [0.717, 1.165) is 31.1 Å². The van der Waals surface area contributed by atoms with Crippen LogP contribution in [0.4, 0.5) is 0 Å². The Balaban J connectivity index is 0. The maximum atomic E-state index is 7.57. The number of aliphatic hydroxyl groups excluding tert-OH is 1. The first kappa shape index (κ1) is 40.1. The zero-order chi connectivity index (χ0) is 27.2. The molecule has 1 aliphatic carbocycles. The second-order valence-corrected chi connectivity index (χ2v) is 11.2. The quantitative estimate of drug-likeness (QED) is 0.322. The molecule has 1 heterocycles. The molecule has 0 aliphatic heterocycles. The van der Waals surface area contributed by atoms with Gasteiger partial charge in [0.1, 0.15) is 0 Å². The molecule has 0 radical (unpaired) electrons. The van der Waals surface area contributed by atoms with E-state index in [1.807, 2.05) is 18.5 Å². The van der Waals surface area contributed by atoms with E-state index in [1.165, 1.54) is 31.2 Å². The van der Waals surface area contributed by atoms with E-state index < -0.39 is 0 Å². The first-order chi connectivity index (χ1) is 17.1. The van der Waals surface area contributed by atoms with Crippen LogP contribution in [0.15, 0.2) is 36.5 Å². The molecule has 2 aromatic rings. The van der Waals surface area contributed by atoms with Crippen LogP contribution in [0.5, 0.6) is 0 Å². The molecule has 1 aliphatic rings. The number of benzene rings is 1. The van der Waals surface area contributed by atoms with Crippen LogP contribution < -0.4 is 51.4 Å². The predicted octanol–water partition coefficient (Wildman–Crippen LogP) is 5.25. The number of nitrogens with zero attached hydrogens (tertiary/aromatic N) is 3. The smallest absolute Gasteiger partial charge is 0.397 e. The molecule has 1 fully saturated rings. The van der Waals surface area contributed by atoms with Crippen molar-refractivity contribution in [2.75, 3.05) is 13.2 Å². The predicted molar refractivity (Wildman–Crippen MR) is 159 cm³/mol. The van der Waals surface area contributed by atoms with Gasteiger partial charge in [-0.25, -0.2) is 4.68 Å². The van der Waals surface area contributed by atoms with E-state index in [2.05, 4.69) is 94.8 Å². The average Bonchev–Trinajstić information content (AvgIpc) is 3.32. The maximum Gasteiger partial charge on any atom is 1.00 e. The summed E-state index contributed by atoms with van der Waals surface area (Å²) >= 11 is 0. The van der Waals surface area contributed by atoms with Crippen LogP contribution in [0.25, 0.3) is 0 Å². The Morgan fingerprint density at radius 1 is 1.08 bits per heavy atom. The van der Waals surface area contributed by atoms with Crippen molar-refractivity contribution in [3.8, 4) is 0 Å². The fourth-order valence-corrected chi connectivity index (χ4v) is 4.92. The average molecular weight is 555 g/mol. The van der Waals surface area contributed by atoms with Crippen molar-refractivity contribution in [1.29, 1.82) is 0 Å². The molecule has 5 nitrogen and oxygen atoms in total. The molecule has 1 unspecified atom stereocenters. The summed E-state index contributed by atoms with van der Waals surface area (Å²) in [6, 6.07) is 10.6. The van der Waals surface area contributed by atoms with E-state index in [-0.39, 0.29) is 82.5 Å². The van der Waals surface area contributed by atoms with Crippen molar-refractivity contribution in [2.24, 2.45) is 11.8 Å². The third-order valence-corrected chi connectivity index (χ3v) is 6.82. The molecule has 1 aromatic carbocycles. The summed E-state index contributed by atoms with van der Waals surface area (Å²) in [4.78, 5) is 0. The first-order valence-corrected chi connectivity index (χ1v) is 14.1. The van der Waals surface area contributed by atoms with Crippen LogP contribution in [0.1, 0.15) is 118 Å². The largest absolute Gasteiger partial charge is 1.00 e. The molecule has 1 atom stereocenters. The summed E-state index contributed by atoms with van der Waals surface area (Å²) in [5, 5.41) is 16.7. The summed E-state index contributed by atoms with van der Waals surface area (Å²) in [5.74, 6) is 1.52. The molecule has 0 saturated heterocycles. The topological polar surface area (TPSA) is 60.2 Å². The Kier molecular flexibility index (Phi) is 21.9. The van der Waals surface area contributed by atoms with Crippen molar-refractivity contribution in [2.45, 2.75) is 118 Å². The van der Waals surface area contributed by atoms with E-state index >= 15 is 0 Å². The van der Waals surface area contributed by atoms with Crippen LogP contribution in [-0.2, 0) is 10.3 Å². The molecule has 38 heavy (non-hydrogen) atoms. The molecule has 0 bridgehead atoms. The van der Waals surface area contributed by atoms with Crippen molar-refractivity contribution in [3.63, 3.8) is 0 Å². The van der Waals surface area contributed by atoms with Gasteiger partial charge in [-0.3, -0.25) is 0 Å². The third kappa shape index (κ3) is 14.0. The minimum absolute atomic E-state index is 0. The van der Waals surface area contributed by atoms with Gasteiger partial charge in [-0.2, -0.15) is 12.8 Å². The molecule has 3 rings (SSSR count). The van der Waals surface area contributed by atoms with E-state index in [0.29, 0.717) is 5.92 Å². The van der Waals surface area contributed by atoms with Crippen LogP contribution in [0, 0.1) is 25.7 Å². The Hall–Kier alpha value is -0.0836. The molecule has 0 amide bonds. The Morgan fingerprint density at radius 3 is 2.16 bits per heavy atom. The van der Waals surface area contributed by atoms with Gasteiger partial charge in [0.2, 0.25) is 0 Å². The summed E-state index contributed by atoms with van der Waals surface area (Å²) < 4.78 is 8.42. The van der Waals surface area contributed by atoms with Crippen molar-refractivity contribution in [1.82, 2.24) is 15.0 Å². The van der Waals surface area contributed by atoms with Gasteiger partial charge in [0.05, 0.1) is 16.8 Å². The molecular weight excluding hydrogens is 497 g/mol. The fourth-order valence-electron chi connectivity index (χ4n) is 4.92. The Bertz CT molecular complexity index is 815. The van der Waals surface area contributed by atoms with Gasteiger partial charge in [-0.15, -0.1) is 5.10 Å². The van der Waals surface area contributed by atoms with Gasteiger partial charge < -0.3 is 23.7 Å². The van der Waals surface area contributed by atoms with Gasteiger partial charge >= 0.3 is 51.4 Å². The fraction of sp³-hybridized carbons (Fsp3) is 0.688. The SMILES string of the molecule is CC.CC(C)C(c1ccccc1)c1cn(C(C)(C)CCOC(C)(C)CC2CC[CH-]CC2)nn1.CCO.[CH3-].[K+]. The zero-order valence-electron chi connectivity index (χ0n) is 26.6. The van der Waals surface area contributed by atoms with Crippen molar-refractivity contribution >= 4 is 0 Å². The van der Waals surface area contributed by atoms with Crippen LogP contribution in [0.2, 0.25) is 0 Å². The monoisotopic (exact) mass is 554 g/mol. The van der Waals surface area contributed by atoms with Crippen LogP contribution >= 0.6 is 0 Å². The number of hydrogen-bond acceptors (Lipinski definition) is 4. The maximum absolute atomic E-state index is 7.57. The molecule has 6 heteroatoms. The number of ether oxygens (including phenoxy) is 1. The summed E-state index contributed by atoms with van der Waals surface area (Å²) in [6.45, 7) is 20.1. The Labute approximate surface area is 278 Å². The minimum atomic E-state index is -0.140. The van der Waals surface area contributed by atoms with Crippen LogP contribution in [-0.4, -0.2) is 38.9 Å².